The molecule has 23 heavy (non-hydrogen) atoms. The lowest BCUT2D eigenvalue weighted by Crippen LogP contribution is -2.31. The summed E-state index contributed by atoms with van der Waals surface area (Å²) < 4.78 is 2.34. The molecule has 1 fully saturated rings. The van der Waals surface area contributed by atoms with Crippen LogP contribution in [0.15, 0.2) is 42.7 Å². The van der Waals surface area contributed by atoms with Gasteiger partial charge in [0, 0.05) is 35.1 Å². The van der Waals surface area contributed by atoms with Crippen molar-refractivity contribution in [3.63, 3.8) is 0 Å². The van der Waals surface area contributed by atoms with Gasteiger partial charge in [-0.05, 0) is 49.1 Å². The molecule has 0 unspecified atom stereocenters. The van der Waals surface area contributed by atoms with Crippen LogP contribution in [0.25, 0.3) is 22.0 Å². The number of nitrogen functional groups attached to an aromatic ring is 2. The molecule has 4 rings (SSSR count). The van der Waals surface area contributed by atoms with Crippen LogP contribution in [-0.4, -0.2) is 16.1 Å². The fraction of sp³-hybridized carbons (Fsp3) is 0.278. The van der Waals surface area contributed by atoms with Crippen LogP contribution in [0.4, 0.5) is 11.5 Å². The fourth-order valence-corrected chi connectivity index (χ4v) is 3.54. The largest absolute Gasteiger partial charge is 0.399 e. The molecule has 1 saturated carbocycles. The molecule has 0 radical (unpaired) electrons. The zero-order valence-electron chi connectivity index (χ0n) is 12.9. The van der Waals surface area contributed by atoms with Crippen LogP contribution in [0.2, 0.25) is 0 Å². The smallest absolute Gasteiger partial charge is 0.133 e. The minimum absolute atomic E-state index is 0.496. The number of pyridine rings is 1. The lowest BCUT2D eigenvalue weighted by atomic mass is 9.80. The molecule has 6 N–H and O–H groups in total. The number of nitrogens with two attached hydrogens (primary N) is 3. The summed E-state index contributed by atoms with van der Waals surface area (Å²) in [5.74, 6) is 1.21. The van der Waals surface area contributed by atoms with Crippen molar-refractivity contribution >= 4 is 22.4 Å². The molecule has 1 aliphatic rings. The van der Waals surface area contributed by atoms with Gasteiger partial charge in [0.15, 0.2) is 0 Å². The number of hydrogen-bond donors (Lipinski definition) is 3. The minimum Gasteiger partial charge on any atom is -0.399 e. The highest BCUT2D eigenvalue weighted by Crippen LogP contribution is 2.42. The second-order valence-electron chi connectivity index (χ2n) is 6.39. The van der Waals surface area contributed by atoms with E-state index in [0.717, 1.165) is 47.1 Å². The van der Waals surface area contributed by atoms with Crippen molar-refractivity contribution in [2.24, 2.45) is 11.7 Å². The second-order valence-corrected chi connectivity index (χ2v) is 6.39. The van der Waals surface area contributed by atoms with Gasteiger partial charge in [-0.15, -0.1) is 0 Å². The molecule has 2 heterocycles. The summed E-state index contributed by atoms with van der Waals surface area (Å²) >= 11 is 0. The highest BCUT2D eigenvalue weighted by molar-refractivity contribution is 6.02. The summed E-state index contributed by atoms with van der Waals surface area (Å²) in [7, 11) is 0. The van der Waals surface area contributed by atoms with Gasteiger partial charge in [-0.2, -0.15) is 0 Å². The fourth-order valence-electron chi connectivity index (χ4n) is 3.54. The quantitative estimate of drug-likeness (QED) is 0.648. The molecule has 1 aliphatic carbocycles. The Morgan fingerprint density at radius 2 is 1.83 bits per heavy atom. The Morgan fingerprint density at radius 3 is 2.52 bits per heavy atom. The number of anilines is 2. The van der Waals surface area contributed by atoms with E-state index in [-0.39, 0.29) is 0 Å². The summed E-state index contributed by atoms with van der Waals surface area (Å²) in [6, 6.07) is 10.4. The topological polar surface area (TPSA) is 95.9 Å². The second kappa shape index (κ2) is 5.28. The van der Waals surface area contributed by atoms with Crippen molar-refractivity contribution in [3.8, 4) is 11.1 Å². The van der Waals surface area contributed by atoms with E-state index in [4.69, 9.17) is 17.2 Å². The third-order valence-electron chi connectivity index (χ3n) is 4.93. The maximum atomic E-state index is 6.18. The zero-order valence-corrected chi connectivity index (χ0v) is 12.9. The Kier molecular flexibility index (Phi) is 3.23. The summed E-state index contributed by atoms with van der Waals surface area (Å²) in [6.07, 6.45) is 6.24. The molecule has 0 amide bonds. The van der Waals surface area contributed by atoms with E-state index in [1.165, 1.54) is 0 Å². The Hall–Kier alpha value is -2.53. The maximum Gasteiger partial charge on any atom is 0.133 e. The minimum atomic E-state index is 0.496. The van der Waals surface area contributed by atoms with Crippen LogP contribution >= 0.6 is 0 Å². The summed E-state index contributed by atoms with van der Waals surface area (Å²) in [6.45, 7) is 0.768. The first kappa shape index (κ1) is 14.1. The first-order valence-electron chi connectivity index (χ1n) is 7.98. The van der Waals surface area contributed by atoms with Gasteiger partial charge in [0.1, 0.15) is 5.82 Å². The van der Waals surface area contributed by atoms with Gasteiger partial charge in [-0.3, -0.25) is 0 Å². The molecule has 3 aromatic rings. The Balaban J connectivity index is 1.86. The molecule has 0 atom stereocenters. The Labute approximate surface area is 135 Å². The number of rotatable bonds is 3. The molecule has 0 spiro atoms. The third-order valence-corrected chi connectivity index (χ3v) is 4.93. The van der Waals surface area contributed by atoms with Crippen LogP contribution in [0.5, 0.6) is 0 Å². The molecule has 0 saturated heterocycles. The number of aromatic nitrogens is 2. The van der Waals surface area contributed by atoms with Gasteiger partial charge >= 0.3 is 0 Å². The van der Waals surface area contributed by atoms with Gasteiger partial charge in [0.05, 0.1) is 5.52 Å². The lowest BCUT2D eigenvalue weighted by molar-refractivity contribution is 0.209. The van der Waals surface area contributed by atoms with Crippen LogP contribution in [-0.2, 0) is 0 Å². The first-order chi connectivity index (χ1) is 11.2. The molecule has 5 nitrogen and oxygen atoms in total. The van der Waals surface area contributed by atoms with Crippen LogP contribution in [0.3, 0.4) is 0 Å². The molecule has 0 aliphatic heterocycles. The van der Waals surface area contributed by atoms with Crippen molar-refractivity contribution < 1.29 is 0 Å². The highest BCUT2D eigenvalue weighted by atomic mass is 15.0. The molecule has 0 bridgehead atoms. The maximum absolute atomic E-state index is 6.18. The van der Waals surface area contributed by atoms with Crippen LogP contribution in [0, 0.1) is 5.92 Å². The van der Waals surface area contributed by atoms with Crippen molar-refractivity contribution in [3.05, 3.63) is 42.7 Å². The van der Waals surface area contributed by atoms with Crippen LogP contribution in [0.1, 0.15) is 18.9 Å². The number of hydrogen-bond acceptors (Lipinski definition) is 4. The van der Waals surface area contributed by atoms with E-state index in [2.05, 4.69) is 15.7 Å². The molecule has 2 aromatic heterocycles. The first-order valence-corrected chi connectivity index (χ1v) is 7.98. The Morgan fingerprint density at radius 1 is 1.09 bits per heavy atom. The molecular formula is C18H21N5. The lowest BCUT2D eigenvalue weighted by Gasteiger charge is -2.36. The SMILES string of the molecule is NCC1CC(n2cc(-c3ccc(N)cc3)c3c(N)nccc32)C1. The summed E-state index contributed by atoms with van der Waals surface area (Å²) in [4.78, 5) is 4.28. The average Bonchev–Trinajstić information content (AvgIpc) is 2.88. The van der Waals surface area contributed by atoms with E-state index in [1.54, 1.807) is 6.20 Å². The van der Waals surface area contributed by atoms with E-state index < -0.39 is 0 Å². The highest BCUT2D eigenvalue weighted by Gasteiger charge is 2.30. The van der Waals surface area contributed by atoms with E-state index in [1.807, 2.05) is 30.3 Å². The van der Waals surface area contributed by atoms with Gasteiger partial charge in [0.2, 0.25) is 0 Å². The normalized spacial score (nSPS) is 20.6. The third kappa shape index (κ3) is 2.24. The van der Waals surface area contributed by atoms with E-state index in [9.17, 15) is 0 Å². The van der Waals surface area contributed by atoms with Crippen molar-refractivity contribution in [2.45, 2.75) is 18.9 Å². The van der Waals surface area contributed by atoms with E-state index >= 15 is 0 Å². The molecule has 118 valence electrons. The summed E-state index contributed by atoms with van der Waals surface area (Å²) in [5.41, 5.74) is 21.9. The van der Waals surface area contributed by atoms with Crippen molar-refractivity contribution in [2.75, 3.05) is 18.0 Å². The van der Waals surface area contributed by atoms with Crippen LogP contribution < -0.4 is 17.2 Å². The van der Waals surface area contributed by atoms with Gasteiger partial charge in [-0.1, -0.05) is 12.1 Å². The van der Waals surface area contributed by atoms with Gasteiger partial charge in [-0.25, -0.2) is 4.98 Å². The Bertz CT molecular complexity index is 844. The molecular weight excluding hydrogens is 286 g/mol. The van der Waals surface area contributed by atoms with Gasteiger partial charge < -0.3 is 21.8 Å². The summed E-state index contributed by atoms with van der Waals surface area (Å²) in [5, 5.41) is 1.02. The molecule has 5 heteroatoms. The predicted molar refractivity (Wildman–Crippen MR) is 94.8 cm³/mol. The van der Waals surface area contributed by atoms with E-state index in [0.29, 0.717) is 17.8 Å². The zero-order chi connectivity index (χ0) is 16.0. The molecule has 1 aromatic carbocycles. The predicted octanol–water partition coefficient (Wildman–Crippen LogP) is 2.78. The number of benzene rings is 1. The monoisotopic (exact) mass is 307 g/mol. The van der Waals surface area contributed by atoms with Gasteiger partial charge in [0.25, 0.3) is 0 Å². The van der Waals surface area contributed by atoms with Crippen molar-refractivity contribution in [1.29, 1.82) is 0 Å². The van der Waals surface area contributed by atoms with Crippen molar-refractivity contribution in [1.82, 2.24) is 9.55 Å². The average molecular weight is 307 g/mol. The standard InChI is InChI=1S/C18H21N5/c19-9-11-7-14(8-11)23-10-15(12-1-3-13(20)4-2-12)17-16(23)5-6-22-18(17)21/h1-6,10-11,14H,7-9,19-20H2,(H2,21,22). The number of nitrogens with zero attached hydrogens (tertiary/aromatic N) is 2. The number of fused-ring (bicyclic) bond motifs is 1.